The lowest BCUT2D eigenvalue weighted by molar-refractivity contribution is 0.279. The fourth-order valence-electron chi connectivity index (χ4n) is 1.97. The number of ether oxygens (including phenoxy) is 3. The van der Waals surface area contributed by atoms with Gasteiger partial charge in [-0.2, -0.15) is 0 Å². The largest absolute Gasteiger partial charge is 0.493 e. The van der Waals surface area contributed by atoms with E-state index in [-0.39, 0.29) is 0 Å². The molecule has 0 saturated heterocycles. The number of rotatable bonds is 9. The lowest BCUT2D eigenvalue weighted by Gasteiger charge is -2.16. The quantitative estimate of drug-likeness (QED) is 0.556. The summed E-state index contributed by atoms with van der Waals surface area (Å²) in [6.45, 7) is 5.08. The minimum atomic E-state index is 0.565. The van der Waals surface area contributed by atoms with Crippen molar-refractivity contribution in [2.75, 3.05) is 20.8 Å². The zero-order chi connectivity index (χ0) is 14.4. The van der Waals surface area contributed by atoms with Gasteiger partial charge in [-0.1, -0.05) is 6.08 Å². The zero-order valence-electron chi connectivity index (χ0n) is 12.3. The number of nitrogens with one attached hydrogen (secondary N) is 1. The fourth-order valence-corrected chi connectivity index (χ4v) is 1.97. The van der Waals surface area contributed by atoms with Crippen molar-refractivity contribution in [1.82, 2.24) is 5.32 Å². The smallest absolute Gasteiger partial charge is 0.203 e. The Hall–Kier alpha value is -1.68. The van der Waals surface area contributed by atoms with E-state index in [0.717, 1.165) is 18.5 Å². The molecule has 0 atom stereocenters. The van der Waals surface area contributed by atoms with Gasteiger partial charge in [0.2, 0.25) is 5.75 Å². The minimum Gasteiger partial charge on any atom is -0.493 e. The van der Waals surface area contributed by atoms with E-state index in [4.69, 9.17) is 14.2 Å². The second-order valence-corrected chi connectivity index (χ2v) is 4.91. The van der Waals surface area contributed by atoms with Crippen LogP contribution in [0.25, 0.3) is 0 Å². The maximum Gasteiger partial charge on any atom is 0.203 e. The molecule has 1 N–H and O–H groups in total. The predicted octanol–water partition coefficient (Wildman–Crippen LogP) is 2.91. The first kappa shape index (κ1) is 14.7. The molecule has 0 unspecified atom stereocenters. The Morgan fingerprint density at radius 3 is 2.40 bits per heavy atom. The van der Waals surface area contributed by atoms with Gasteiger partial charge in [-0.25, -0.2) is 0 Å². The summed E-state index contributed by atoms with van der Waals surface area (Å²) in [5, 5.41) is 3.48. The van der Waals surface area contributed by atoms with Gasteiger partial charge < -0.3 is 19.5 Å². The SMILES string of the molecule is C=CCCOc1c(OC)cc(CNC2CC2)cc1OC. The van der Waals surface area contributed by atoms with Crippen LogP contribution >= 0.6 is 0 Å². The lowest BCUT2D eigenvalue weighted by Crippen LogP contribution is -2.15. The molecule has 0 amide bonds. The monoisotopic (exact) mass is 277 g/mol. The van der Waals surface area contributed by atoms with Crippen LogP contribution < -0.4 is 19.5 Å². The Kier molecular flexibility index (Phi) is 5.30. The summed E-state index contributed by atoms with van der Waals surface area (Å²) in [6.07, 6.45) is 5.16. The Morgan fingerprint density at radius 2 is 1.90 bits per heavy atom. The van der Waals surface area contributed by atoms with Gasteiger partial charge in [-0.05, 0) is 37.0 Å². The Balaban J connectivity index is 2.13. The number of hydrogen-bond donors (Lipinski definition) is 1. The van der Waals surface area contributed by atoms with Crippen LogP contribution in [0.15, 0.2) is 24.8 Å². The lowest BCUT2D eigenvalue weighted by atomic mass is 10.1. The minimum absolute atomic E-state index is 0.565. The van der Waals surface area contributed by atoms with Crippen LogP contribution in [-0.2, 0) is 6.54 Å². The average Bonchev–Trinajstić information content (AvgIpc) is 3.29. The van der Waals surface area contributed by atoms with E-state index in [1.165, 1.54) is 12.8 Å². The zero-order valence-corrected chi connectivity index (χ0v) is 12.3. The highest BCUT2D eigenvalue weighted by Gasteiger charge is 2.21. The van der Waals surface area contributed by atoms with E-state index >= 15 is 0 Å². The summed E-state index contributed by atoms with van der Waals surface area (Å²) in [4.78, 5) is 0. The summed E-state index contributed by atoms with van der Waals surface area (Å²) >= 11 is 0. The van der Waals surface area contributed by atoms with E-state index in [1.54, 1.807) is 14.2 Å². The van der Waals surface area contributed by atoms with Gasteiger partial charge in [0, 0.05) is 12.6 Å². The van der Waals surface area contributed by atoms with Crippen LogP contribution in [0.3, 0.4) is 0 Å². The van der Waals surface area contributed by atoms with Crippen molar-refractivity contribution in [1.29, 1.82) is 0 Å². The molecule has 0 aromatic heterocycles. The standard InChI is InChI=1S/C16H23NO3/c1-4-5-8-20-16-14(18-2)9-12(10-15(16)19-3)11-17-13-6-7-13/h4,9-10,13,17H,1,5-8,11H2,2-3H3. The van der Waals surface area contributed by atoms with Crippen molar-refractivity contribution >= 4 is 0 Å². The molecule has 20 heavy (non-hydrogen) atoms. The van der Waals surface area contributed by atoms with Crippen LogP contribution in [0.5, 0.6) is 17.2 Å². The maximum absolute atomic E-state index is 5.74. The molecule has 1 aromatic rings. The van der Waals surface area contributed by atoms with E-state index in [2.05, 4.69) is 11.9 Å². The van der Waals surface area contributed by atoms with Crippen molar-refractivity contribution < 1.29 is 14.2 Å². The van der Waals surface area contributed by atoms with Crippen LogP contribution in [0, 0.1) is 0 Å². The van der Waals surface area contributed by atoms with E-state index in [0.29, 0.717) is 29.9 Å². The fraction of sp³-hybridized carbons (Fsp3) is 0.500. The van der Waals surface area contributed by atoms with Crippen molar-refractivity contribution in [3.63, 3.8) is 0 Å². The van der Waals surface area contributed by atoms with Gasteiger partial charge in [0.15, 0.2) is 11.5 Å². The molecular weight excluding hydrogens is 254 g/mol. The summed E-state index contributed by atoms with van der Waals surface area (Å²) < 4.78 is 16.6. The van der Waals surface area contributed by atoms with Crippen molar-refractivity contribution in [3.05, 3.63) is 30.4 Å². The molecule has 4 nitrogen and oxygen atoms in total. The van der Waals surface area contributed by atoms with Crippen molar-refractivity contribution in [3.8, 4) is 17.2 Å². The topological polar surface area (TPSA) is 39.7 Å². The number of methoxy groups -OCH3 is 2. The van der Waals surface area contributed by atoms with E-state index in [9.17, 15) is 0 Å². The molecule has 0 aliphatic heterocycles. The van der Waals surface area contributed by atoms with Gasteiger partial charge in [-0.15, -0.1) is 6.58 Å². The normalized spacial score (nSPS) is 13.9. The first-order valence-corrected chi connectivity index (χ1v) is 7.00. The molecule has 0 spiro atoms. The second-order valence-electron chi connectivity index (χ2n) is 4.91. The molecule has 4 heteroatoms. The van der Waals surface area contributed by atoms with Gasteiger partial charge in [-0.3, -0.25) is 0 Å². The van der Waals surface area contributed by atoms with Gasteiger partial charge >= 0.3 is 0 Å². The van der Waals surface area contributed by atoms with Gasteiger partial charge in [0.1, 0.15) is 0 Å². The van der Waals surface area contributed by atoms with Crippen LogP contribution in [0.1, 0.15) is 24.8 Å². The van der Waals surface area contributed by atoms with Crippen molar-refractivity contribution in [2.24, 2.45) is 0 Å². The highest BCUT2D eigenvalue weighted by molar-refractivity contribution is 5.53. The third-order valence-corrected chi connectivity index (χ3v) is 3.26. The van der Waals surface area contributed by atoms with Crippen molar-refractivity contribution in [2.45, 2.75) is 31.8 Å². The first-order valence-electron chi connectivity index (χ1n) is 7.00. The molecule has 0 radical (unpaired) electrons. The molecule has 1 fully saturated rings. The maximum atomic E-state index is 5.74. The Bertz CT molecular complexity index is 430. The predicted molar refractivity (Wildman–Crippen MR) is 79.7 cm³/mol. The molecular formula is C16H23NO3. The number of hydrogen-bond acceptors (Lipinski definition) is 4. The Labute approximate surface area is 120 Å². The van der Waals surface area contributed by atoms with Crippen LogP contribution in [0.4, 0.5) is 0 Å². The highest BCUT2D eigenvalue weighted by Crippen LogP contribution is 2.38. The Morgan fingerprint density at radius 1 is 1.25 bits per heavy atom. The molecule has 0 bridgehead atoms. The molecule has 1 aliphatic carbocycles. The third kappa shape index (κ3) is 3.90. The summed E-state index contributed by atoms with van der Waals surface area (Å²) in [5.41, 5.74) is 1.14. The third-order valence-electron chi connectivity index (χ3n) is 3.26. The molecule has 1 aromatic carbocycles. The van der Waals surface area contributed by atoms with E-state index < -0.39 is 0 Å². The van der Waals surface area contributed by atoms with E-state index in [1.807, 2.05) is 18.2 Å². The molecule has 1 saturated carbocycles. The second kappa shape index (κ2) is 7.20. The first-order chi connectivity index (χ1) is 9.78. The summed E-state index contributed by atoms with van der Waals surface area (Å²) in [6, 6.07) is 4.68. The highest BCUT2D eigenvalue weighted by atomic mass is 16.5. The van der Waals surface area contributed by atoms with Gasteiger partial charge in [0.05, 0.1) is 20.8 Å². The summed E-state index contributed by atoms with van der Waals surface area (Å²) in [7, 11) is 3.29. The summed E-state index contributed by atoms with van der Waals surface area (Å²) in [5.74, 6) is 2.08. The molecule has 110 valence electrons. The number of benzene rings is 1. The van der Waals surface area contributed by atoms with Crippen LogP contribution in [-0.4, -0.2) is 26.9 Å². The molecule has 2 rings (SSSR count). The molecule has 1 aliphatic rings. The van der Waals surface area contributed by atoms with Gasteiger partial charge in [0.25, 0.3) is 0 Å². The average molecular weight is 277 g/mol. The van der Waals surface area contributed by atoms with Crippen LogP contribution in [0.2, 0.25) is 0 Å². The molecule has 0 heterocycles.